The van der Waals surface area contributed by atoms with Crippen LogP contribution in [0.1, 0.15) is 13.8 Å². The fourth-order valence-corrected chi connectivity index (χ4v) is 0.543. The van der Waals surface area contributed by atoms with Crippen molar-refractivity contribution < 1.29 is 9.90 Å². The van der Waals surface area contributed by atoms with Gasteiger partial charge in [-0.1, -0.05) is 13.8 Å². The zero-order valence-electron chi connectivity index (χ0n) is 5.79. The van der Waals surface area contributed by atoms with Crippen LogP contribution in [0.15, 0.2) is 0 Å². The first-order valence-corrected chi connectivity index (χ1v) is 3.03. The lowest BCUT2D eigenvalue weighted by molar-refractivity contribution is -0.110. The molecule has 0 saturated heterocycles. The molecule has 0 aromatic carbocycles. The van der Waals surface area contributed by atoms with E-state index in [4.69, 9.17) is 5.11 Å². The second kappa shape index (κ2) is 4.32. The zero-order valence-corrected chi connectivity index (χ0v) is 5.79. The van der Waals surface area contributed by atoms with Gasteiger partial charge in [0, 0.05) is 0 Å². The summed E-state index contributed by atoms with van der Waals surface area (Å²) in [6.07, 6.45) is 0.612. The van der Waals surface area contributed by atoms with Crippen LogP contribution in [-0.2, 0) is 4.79 Å². The molecule has 0 saturated carbocycles. The monoisotopic (exact) mass is 131 g/mol. The topological polar surface area (TPSA) is 49.3 Å². The molecule has 0 bridgehead atoms. The molecule has 3 nitrogen and oxygen atoms in total. The van der Waals surface area contributed by atoms with Gasteiger partial charge in [-0.25, -0.2) is 0 Å². The van der Waals surface area contributed by atoms with Gasteiger partial charge in [-0.3, -0.25) is 4.79 Å². The Bertz CT molecular complexity index is 83.1. The van der Waals surface area contributed by atoms with Gasteiger partial charge in [0.2, 0.25) is 6.41 Å². The van der Waals surface area contributed by atoms with Gasteiger partial charge in [0.25, 0.3) is 0 Å². The Morgan fingerprint density at radius 2 is 2.22 bits per heavy atom. The Balaban J connectivity index is 3.53. The van der Waals surface area contributed by atoms with Gasteiger partial charge in [-0.15, -0.1) is 0 Å². The van der Waals surface area contributed by atoms with Crippen LogP contribution in [0.25, 0.3) is 0 Å². The highest BCUT2D eigenvalue weighted by Gasteiger charge is 2.08. The molecule has 0 heterocycles. The summed E-state index contributed by atoms with van der Waals surface area (Å²) in [5, 5.41) is 11.1. The highest BCUT2D eigenvalue weighted by Crippen LogP contribution is 1.97. The summed E-state index contributed by atoms with van der Waals surface area (Å²) in [4.78, 5) is 9.86. The zero-order chi connectivity index (χ0) is 7.28. The summed E-state index contributed by atoms with van der Waals surface area (Å²) in [6.45, 7) is 3.89. The molecule has 0 aromatic heterocycles. The van der Waals surface area contributed by atoms with Crippen LogP contribution in [0.4, 0.5) is 0 Å². The predicted octanol–water partition coefficient (Wildman–Crippen LogP) is -0.251. The highest BCUT2D eigenvalue weighted by atomic mass is 16.3. The molecular formula is C6H13NO2. The lowest BCUT2D eigenvalue weighted by atomic mass is 10.1. The molecule has 0 radical (unpaired) electrons. The number of rotatable bonds is 4. The molecule has 0 rings (SSSR count). The Hall–Kier alpha value is -0.570. The van der Waals surface area contributed by atoms with E-state index in [2.05, 4.69) is 5.32 Å². The Morgan fingerprint density at radius 3 is 2.33 bits per heavy atom. The van der Waals surface area contributed by atoms with E-state index in [9.17, 15) is 4.79 Å². The molecule has 1 atom stereocenters. The summed E-state index contributed by atoms with van der Waals surface area (Å²) < 4.78 is 0. The molecule has 9 heavy (non-hydrogen) atoms. The van der Waals surface area contributed by atoms with Crippen molar-refractivity contribution in [1.82, 2.24) is 5.32 Å². The summed E-state index contributed by atoms with van der Waals surface area (Å²) >= 11 is 0. The quantitative estimate of drug-likeness (QED) is 0.517. The first kappa shape index (κ1) is 8.43. The van der Waals surface area contributed by atoms with Crippen molar-refractivity contribution in [2.45, 2.75) is 19.9 Å². The molecule has 54 valence electrons. The first-order valence-electron chi connectivity index (χ1n) is 3.03. The lowest BCUT2D eigenvalue weighted by Crippen LogP contribution is -2.35. The summed E-state index contributed by atoms with van der Waals surface area (Å²) in [5.74, 6) is 0.292. The number of hydrogen-bond donors (Lipinski definition) is 2. The fraction of sp³-hybridized carbons (Fsp3) is 0.833. The molecule has 0 aliphatic carbocycles. The average molecular weight is 131 g/mol. The van der Waals surface area contributed by atoms with E-state index in [0.717, 1.165) is 0 Å². The van der Waals surface area contributed by atoms with Crippen LogP contribution < -0.4 is 5.32 Å². The number of hydrogen-bond acceptors (Lipinski definition) is 2. The van der Waals surface area contributed by atoms with Gasteiger partial charge >= 0.3 is 0 Å². The van der Waals surface area contributed by atoms with Crippen LogP contribution in [0.3, 0.4) is 0 Å². The van der Waals surface area contributed by atoms with Crippen LogP contribution in [0.5, 0.6) is 0 Å². The van der Waals surface area contributed by atoms with Crippen LogP contribution in [-0.4, -0.2) is 24.2 Å². The normalized spacial score (nSPS) is 13.3. The van der Waals surface area contributed by atoms with E-state index in [0.29, 0.717) is 12.3 Å². The molecule has 0 spiro atoms. The number of carbonyl (C=O) groups excluding carboxylic acids is 1. The summed E-state index contributed by atoms with van der Waals surface area (Å²) in [5.41, 5.74) is 0. The van der Waals surface area contributed by atoms with Gasteiger partial charge in [0.15, 0.2) is 0 Å². The highest BCUT2D eigenvalue weighted by molar-refractivity contribution is 5.46. The summed E-state index contributed by atoms with van der Waals surface area (Å²) in [7, 11) is 0. The van der Waals surface area contributed by atoms with E-state index in [-0.39, 0.29) is 12.6 Å². The van der Waals surface area contributed by atoms with Crippen molar-refractivity contribution in [2.24, 2.45) is 5.92 Å². The molecule has 1 amide bonds. The Morgan fingerprint density at radius 1 is 1.67 bits per heavy atom. The molecule has 0 aliphatic heterocycles. The molecule has 0 unspecified atom stereocenters. The van der Waals surface area contributed by atoms with Gasteiger partial charge in [0.05, 0.1) is 12.6 Å². The van der Waals surface area contributed by atoms with Gasteiger partial charge < -0.3 is 10.4 Å². The fourth-order valence-electron chi connectivity index (χ4n) is 0.543. The average Bonchev–Trinajstić information content (AvgIpc) is 1.82. The van der Waals surface area contributed by atoms with Crippen molar-refractivity contribution in [3.63, 3.8) is 0 Å². The molecule has 0 aliphatic rings. The third-order valence-corrected chi connectivity index (χ3v) is 1.28. The van der Waals surface area contributed by atoms with E-state index in [1.54, 1.807) is 0 Å². The standard InChI is InChI=1S/C6H13NO2/c1-5(2)6(3-8)7-4-9/h4-6,8H,3H2,1-2H3,(H,7,9)/t6-/m0/s1. The van der Waals surface area contributed by atoms with E-state index >= 15 is 0 Å². The van der Waals surface area contributed by atoms with Crippen molar-refractivity contribution in [2.75, 3.05) is 6.61 Å². The van der Waals surface area contributed by atoms with Gasteiger partial charge in [-0.05, 0) is 5.92 Å². The number of nitrogens with one attached hydrogen (secondary N) is 1. The third-order valence-electron chi connectivity index (χ3n) is 1.28. The molecular weight excluding hydrogens is 118 g/mol. The van der Waals surface area contributed by atoms with Crippen LogP contribution in [0, 0.1) is 5.92 Å². The van der Waals surface area contributed by atoms with Crippen LogP contribution in [0.2, 0.25) is 0 Å². The minimum Gasteiger partial charge on any atom is -0.394 e. The second-order valence-corrected chi connectivity index (χ2v) is 2.32. The first-order chi connectivity index (χ1) is 4.22. The van der Waals surface area contributed by atoms with Crippen molar-refractivity contribution in [3.05, 3.63) is 0 Å². The maximum atomic E-state index is 9.86. The molecule has 3 heteroatoms. The SMILES string of the molecule is CC(C)[C@H](CO)NC=O. The molecule has 0 fully saturated rings. The number of carbonyl (C=O) groups is 1. The lowest BCUT2D eigenvalue weighted by Gasteiger charge is -2.15. The largest absolute Gasteiger partial charge is 0.394 e. The number of aliphatic hydroxyl groups is 1. The summed E-state index contributed by atoms with van der Waals surface area (Å²) in [6, 6.07) is -0.0949. The van der Waals surface area contributed by atoms with Gasteiger partial charge in [0.1, 0.15) is 0 Å². The third kappa shape index (κ3) is 3.08. The van der Waals surface area contributed by atoms with Gasteiger partial charge in [-0.2, -0.15) is 0 Å². The second-order valence-electron chi connectivity index (χ2n) is 2.32. The minimum absolute atomic E-state index is 0.0103. The molecule has 2 N–H and O–H groups in total. The van der Waals surface area contributed by atoms with E-state index in [1.807, 2.05) is 13.8 Å². The smallest absolute Gasteiger partial charge is 0.207 e. The van der Waals surface area contributed by atoms with Crippen molar-refractivity contribution >= 4 is 6.41 Å². The molecule has 0 aromatic rings. The predicted molar refractivity (Wildman–Crippen MR) is 34.9 cm³/mol. The Labute approximate surface area is 55.1 Å². The maximum Gasteiger partial charge on any atom is 0.207 e. The Kier molecular flexibility index (Phi) is 4.05. The maximum absolute atomic E-state index is 9.86. The number of aliphatic hydroxyl groups excluding tert-OH is 1. The van der Waals surface area contributed by atoms with Crippen molar-refractivity contribution in [1.29, 1.82) is 0 Å². The minimum atomic E-state index is -0.0949. The van der Waals surface area contributed by atoms with E-state index < -0.39 is 0 Å². The van der Waals surface area contributed by atoms with E-state index in [1.165, 1.54) is 0 Å². The van der Waals surface area contributed by atoms with Crippen LogP contribution >= 0.6 is 0 Å². The number of amides is 1. The van der Waals surface area contributed by atoms with Crippen molar-refractivity contribution in [3.8, 4) is 0 Å².